The molecule has 1 atom stereocenters. The number of hydrogen-bond acceptors (Lipinski definition) is 5. The van der Waals surface area contributed by atoms with Crippen LogP contribution in [0.5, 0.6) is 5.88 Å². The van der Waals surface area contributed by atoms with Gasteiger partial charge in [-0.2, -0.15) is 0 Å². The fraction of sp³-hybridized carbons (Fsp3) is 0.318. The van der Waals surface area contributed by atoms with Crippen LogP contribution in [0.15, 0.2) is 53.2 Å². The second-order valence-electron chi connectivity index (χ2n) is 7.12. The number of oxazole rings is 1. The standard InChI is InChI=1S/C22H22FN3O3/c1-28-21-19(5-2-10-24-21)22(27)26-11-3-4-16(14-26)20-25-13-18(29-20)12-15-6-8-17(23)9-7-15/h2,5-10,13,16H,3-4,11-12,14H2,1H3/t16-/m0/s1. The van der Waals surface area contributed by atoms with Crippen molar-refractivity contribution in [2.75, 3.05) is 20.2 Å². The van der Waals surface area contributed by atoms with Crippen molar-refractivity contribution in [1.82, 2.24) is 14.9 Å². The van der Waals surface area contributed by atoms with Crippen LogP contribution in [0.4, 0.5) is 4.39 Å². The first-order valence-electron chi connectivity index (χ1n) is 9.61. The number of likely N-dealkylation sites (tertiary alicyclic amines) is 1. The lowest BCUT2D eigenvalue weighted by molar-refractivity contribution is 0.0693. The number of halogens is 1. The largest absolute Gasteiger partial charge is 0.480 e. The van der Waals surface area contributed by atoms with E-state index in [4.69, 9.17) is 9.15 Å². The number of ether oxygens (including phenoxy) is 1. The van der Waals surface area contributed by atoms with Gasteiger partial charge in [-0.25, -0.2) is 14.4 Å². The molecule has 0 bridgehead atoms. The van der Waals surface area contributed by atoms with Crippen molar-refractivity contribution in [2.24, 2.45) is 0 Å². The van der Waals surface area contributed by atoms with E-state index in [-0.39, 0.29) is 17.6 Å². The molecule has 3 heterocycles. The van der Waals surface area contributed by atoms with Crippen LogP contribution < -0.4 is 4.74 Å². The molecule has 1 aliphatic rings. The summed E-state index contributed by atoms with van der Waals surface area (Å²) in [6, 6.07) is 9.80. The summed E-state index contributed by atoms with van der Waals surface area (Å²) in [6.07, 6.45) is 5.64. The number of pyridine rings is 1. The first kappa shape index (κ1) is 19.1. The highest BCUT2D eigenvalue weighted by molar-refractivity contribution is 5.96. The molecule has 0 saturated carbocycles. The summed E-state index contributed by atoms with van der Waals surface area (Å²) in [6.45, 7) is 1.21. The SMILES string of the molecule is COc1ncccc1C(=O)N1CCC[C@H](c2ncc(Cc3ccc(F)cc3)o2)C1. The van der Waals surface area contributed by atoms with Gasteiger partial charge in [0, 0.05) is 25.7 Å². The second-order valence-corrected chi connectivity index (χ2v) is 7.12. The number of hydrogen-bond donors (Lipinski definition) is 0. The van der Waals surface area contributed by atoms with E-state index >= 15 is 0 Å². The summed E-state index contributed by atoms with van der Waals surface area (Å²) < 4.78 is 24.2. The third-order valence-corrected chi connectivity index (χ3v) is 5.12. The van der Waals surface area contributed by atoms with E-state index < -0.39 is 0 Å². The van der Waals surface area contributed by atoms with E-state index in [1.165, 1.54) is 19.2 Å². The Balaban J connectivity index is 1.45. The van der Waals surface area contributed by atoms with Gasteiger partial charge in [0.2, 0.25) is 5.88 Å². The third kappa shape index (κ3) is 4.29. The summed E-state index contributed by atoms with van der Waals surface area (Å²) in [7, 11) is 1.51. The van der Waals surface area contributed by atoms with Gasteiger partial charge in [-0.1, -0.05) is 12.1 Å². The molecule has 1 amide bonds. The summed E-state index contributed by atoms with van der Waals surface area (Å²) >= 11 is 0. The molecule has 0 unspecified atom stereocenters. The van der Waals surface area contributed by atoms with Crippen molar-refractivity contribution in [3.63, 3.8) is 0 Å². The summed E-state index contributed by atoms with van der Waals surface area (Å²) in [5.41, 5.74) is 1.42. The lowest BCUT2D eigenvalue weighted by atomic mass is 9.97. The molecule has 0 spiro atoms. The normalized spacial score (nSPS) is 16.6. The number of piperidine rings is 1. The predicted molar refractivity (Wildman–Crippen MR) is 104 cm³/mol. The summed E-state index contributed by atoms with van der Waals surface area (Å²) in [4.78, 5) is 23.3. The first-order chi connectivity index (χ1) is 14.1. The minimum atomic E-state index is -0.260. The molecule has 1 fully saturated rings. The van der Waals surface area contributed by atoms with Crippen molar-refractivity contribution in [3.8, 4) is 5.88 Å². The average molecular weight is 395 g/mol. The maximum Gasteiger partial charge on any atom is 0.259 e. The van der Waals surface area contributed by atoms with Crippen LogP contribution in [0, 0.1) is 5.82 Å². The van der Waals surface area contributed by atoms with Gasteiger partial charge in [-0.05, 0) is 42.7 Å². The molecule has 1 saturated heterocycles. The topological polar surface area (TPSA) is 68.5 Å². The Morgan fingerprint density at radius 3 is 2.90 bits per heavy atom. The molecule has 29 heavy (non-hydrogen) atoms. The van der Waals surface area contributed by atoms with Crippen LogP contribution in [-0.4, -0.2) is 41.0 Å². The molecule has 0 radical (unpaired) electrons. The second kappa shape index (κ2) is 8.43. The van der Waals surface area contributed by atoms with Crippen molar-refractivity contribution in [1.29, 1.82) is 0 Å². The molecule has 150 valence electrons. The Labute approximate surface area is 168 Å². The fourth-order valence-electron chi connectivity index (χ4n) is 3.65. The highest BCUT2D eigenvalue weighted by Gasteiger charge is 2.29. The summed E-state index contributed by atoms with van der Waals surface area (Å²) in [5, 5.41) is 0. The van der Waals surface area contributed by atoms with Crippen molar-refractivity contribution < 1.29 is 18.3 Å². The van der Waals surface area contributed by atoms with Gasteiger partial charge in [0.25, 0.3) is 5.91 Å². The van der Waals surface area contributed by atoms with Crippen molar-refractivity contribution in [3.05, 3.63) is 77.4 Å². The van der Waals surface area contributed by atoms with Crippen LogP contribution >= 0.6 is 0 Å². The monoisotopic (exact) mass is 395 g/mol. The Bertz CT molecular complexity index is 987. The molecule has 4 rings (SSSR count). The lowest BCUT2D eigenvalue weighted by Gasteiger charge is -2.31. The molecular weight excluding hydrogens is 373 g/mol. The van der Waals surface area contributed by atoms with E-state index in [1.807, 2.05) is 0 Å². The van der Waals surface area contributed by atoms with Gasteiger partial charge in [0.05, 0.1) is 19.2 Å². The molecule has 7 heteroatoms. The van der Waals surface area contributed by atoms with E-state index in [0.29, 0.717) is 36.8 Å². The minimum absolute atomic E-state index is 0.0392. The predicted octanol–water partition coefficient (Wildman–Crippen LogP) is 3.83. The Morgan fingerprint density at radius 1 is 1.28 bits per heavy atom. The Hall–Kier alpha value is -3.22. The van der Waals surface area contributed by atoms with E-state index in [1.54, 1.807) is 41.6 Å². The molecule has 1 aliphatic heterocycles. The maximum absolute atomic E-state index is 13.1. The summed E-state index contributed by atoms with van der Waals surface area (Å²) in [5.74, 6) is 1.37. The smallest absolute Gasteiger partial charge is 0.259 e. The number of rotatable bonds is 5. The van der Waals surface area contributed by atoms with Crippen LogP contribution in [-0.2, 0) is 6.42 Å². The number of carbonyl (C=O) groups excluding carboxylic acids is 1. The van der Waals surface area contributed by atoms with Gasteiger partial charge < -0.3 is 14.1 Å². The molecule has 0 N–H and O–H groups in total. The number of amides is 1. The van der Waals surface area contributed by atoms with Crippen molar-refractivity contribution >= 4 is 5.91 Å². The highest BCUT2D eigenvalue weighted by atomic mass is 19.1. The van der Waals surface area contributed by atoms with Gasteiger partial charge in [0.15, 0.2) is 5.89 Å². The number of benzene rings is 1. The van der Waals surface area contributed by atoms with Crippen LogP contribution in [0.25, 0.3) is 0 Å². The number of carbonyl (C=O) groups is 1. The zero-order chi connectivity index (χ0) is 20.2. The molecule has 2 aromatic heterocycles. The fourth-order valence-corrected chi connectivity index (χ4v) is 3.65. The quantitative estimate of drug-likeness (QED) is 0.657. The first-order valence-corrected chi connectivity index (χ1v) is 9.61. The van der Waals surface area contributed by atoms with E-state index in [9.17, 15) is 9.18 Å². The molecular formula is C22H22FN3O3. The lowest BCUT2D eigenvalue weighted by Crippen LogP contribution is -2.39. The van der Waals surface area contributed by atoms with E-state index in [2.05, 4.69) is 9.97 Å². The molecule has 1 aromatic carbocycles. The Morgan fingerprint density at radius 2 is 2.10 bits per heavy atom. The van der Waals surface area contributed by atoms with Gasteiger partial charge in [-0.15, -0.1) is 0 Å². The molecule has 3 aromatic rings. The highest BCUT2D eigenvalue weighted by Crippen LogP contribution is 2.29. The minimum Gasteiger partial charge on any atom is -0.480 e. The Kier molecular flexibility index (Phi) is 5.55. The van der Waals surface area contributed by atoms with Crippen molar-refractivity contribution in [2.45, 2.75) is 25.2 Å². The van der Waals surface area contributed by atoms with Crippen LogP contribution in [0.3, 0.4) is 0 Å². The third-order valence-electron chi connectivity index (χ3n) is 5.12. The van der Waals surface area contributed by atoms with Gasteiger partial charge in [-0.3, -0.25) is 4.79 Å². The molecule has 6 nitrogen and oxygen atoms in total. The van der Waals surface area contributed by atoms with Crippen LogP contribution in [0.1, 0.15) is 46.3 Å². The van der Waals surface area contributed by atoms with Gasteiger partial charge >= 0.3 is 0 Å². The zero-order valence-corrected chi connectivity index (χ0v) is 16.2. The van der Waals surface area contributed by atoms with E-state index in [0.717, 1.165) is 24.2 Å². The van der Waals surface area contributed by atoms with Crippen LogP contribution in [0.2, 0.25) is 0 Å². The number of aromatic nitrogens is 2. The zero-order valence-electron chi connectivity index (χ0n) is 16.2. The molecule has 0 aliphatic carbocycles. The maximum atomic E-state index is 13.1. The number of nitrogens with zero attached hydrogens (tertiary/aromatic N) is 3. The van der Waals surface area contributed by atoms with Gasteiger partial charge in [0.1, 0.15) is 17.1 Å². The average Bonchev–Trinajstić information content (AvgIpc) is 3.23. The number of methoxy groups -OCH3 is 1.